The van der Waals surface area contributed by atoms with E-state index in [0.29, 0.717) is 37.1 Å². The first-order valence-corrected chi connectivity index (χ1v) is 7.18. The minimum atomic E-state index is -0.273. The first-order chi connectivity index (χ1) is 9.86. The molecule has 1 saturated heterocycles. The molecule has 7 nitrogen and oxygen atoms in total. The fourth-order valence-corrected chi connectivity index (χ4v) is 2.55. The lowest BCUT2D eigenvalue weighted by molar-refractivity contribution is -0.135. The Bertz CT molecular complexity index is 526. The van der Waals surface area contributed by atoms with Crippen molar-refractivity contribution in [1.82, 2.24) is 19.9 Å². The van der Waals surface area contributed by atoms with Crippen LogP contribution in [0.1, 0.15) is 32.0 Å². The molecule has 21 heavy (non-hydrogen) atoms. The first kappa shape index (κ1) is 15.5. The molecular weight excluding hydrogens is 272 g/mol. The van der Waals surface area contributed by atoms with Crippen LogP contribution in [0.2, 0.25) is 0 Å². The fourth-order valence-electron chi connectivity index (χ4n) is 2.55. The third-order valence-electron chi connectivity index (χ3n) is 3.47. The number of carbonyl (C=O) groups excluding carboxylic acids is 2. The zero-order valence-electron chi connectivity index (χ0n) is 13.0. The number of amides is 2. The van der Waals surface area contributed by atoms with Gasteiger partial charge < -0.3 is 14.3 Å². The third-order valence-corrected chi connectivity index (χ3v) is 3.47. The molecule has 0 bridgehead atoms. The Kier molecular flexibility index (Phi) is 4.59. The first-order valence-electron chi connectivity index (χ1n) is 7.18. The second-order valence-corrected chi connectivity index (χ2v) is 6.02. The van der Waals surface area contributed by atoms with Gasteiger partial charge in [-0.15, -0.1) is 0 Å². The predicted octanol–water partition coefficient (Wildman–Crippen LogP) is 0.841. The average molecular weight is 294 g/mol. The number of carbonyl (C=O) groups is 2. The standard InChI is InChI=1S/C14H22N4O3/c1-9(2)6-18-7-11(5-13(18)19)14(20)17(4)8-12-15-10(3)16-21-12/h9,11H,5-8H2,1-4H3. The molecule has 1 aliphatic heterocycles. The quantitative estimate of drug-likeness (QED) is 0.804. The van der Waals surface area contributed by atoms with Crippen molar-refractivity contribution in [3.8, 4) is 0 Å². The molecular formula is C14H22N4O3. The monoisotopic (exact) mass is 294 g/mol. The highest BCUT2D eigenvalue weighted by molar-refractivity contribution is 5.89. The van der Waals surface area contributed by atoms with Gasteiger partial charge in [0, 0.05) is 26.6 Å². The lowest BCUT2D eigenvalue weighted by Gasteiger charge is -2.21. The van der Waals surface area contributed by atoms with Gasteiger partial charge in [0.2, 0.25) is 17.7 Å². The van der Waals surface area contributed by atoms with E-state index in [1.54, 1.807) is 23.8 Å². The Morgan fingerprint density at radius 2 is 2.24 bits per heavy atom. The molecule has 7 heteroatoms. The third kappa shape index (κ3) is 3.80. The summed E-state index contributed by atoms with van der Waals surface area (Å²) in [6, 6.07) is 0. The molecule has 1 unspecified atom stereocenters. The molecule has 0 radical (unpaired) electrons. The molecule has 2 heterocycles. The summed E-state index contributed by atoms with van der Waals surface area (Å²) < 4.78 is 5.01. The van der Waals surface area contributed by atoms with Crippen LogP contribution in [-0.2, 0) is 16.1 Å². The molecule has 116 valence electrons. The Hall–Kier alpha value is -1.92. The van der Waals surface area contributed by atoms with Gasteiger partial charge in [-0.25, -0.2) is 0 Å². The minimum Gasteiger partial charge on any atom is -0.342 e. The summed E-state index contributed by atoms with van der Waals surface area (Å²) in [5.74, 6) is 1.10. The SMILES string of the molecule is Cc1noc(CN(C)C(=O)C2CC(=O)N(CC(C)C)C2)n1. The van der Waals surface area contributed by atoms with Crippen LogP contribution in [0, 0.1) is 18.8 Å². The Labute approximate surface area is 124 Å². The van der Waals surface area contributed by atoms with Gasteiger partial charge in [-0.05, 0) is 12.8 Å². The van der Waals surface area contributed by atoms with Gasteiger partial charge in [-0.3, -0.25) is 9.59 Å². The van der Waals surface area contributed by atoms with E-state index in [9.17, 15) is 9.59 Å². The zero-order valence-corrected chi connectivity index (χ0v) is 13.0. The molecule has 0 N–H and O–H groups in total. The topological polar surface area (TPSA) is 79.5 Å². The molecule has 1 aliphatic rings. The summed E-state index contributed by atoms with van der Waals surface area (Å²) in [6.07, 6.45) is 0.290. The minimum absolute atomic E-state index is 0.0505. The number of rotatable bonds is 5. The van der Waals surface area contributed by atoms with Crippen LogP contribution >= 0.6 is 0 Å². The lowest BCUT2D eigenvalue weighted by Crippen LogP contribution is -2.35. The summed E-state index contributed by atoms with van der Waals surface area (Å²) >= 11 is 0. The molecule has 0 aliphatic carbocycles. The highest BCUT2D eigenvalue weighted by Gasteiger charge is 2.36. The molecule has 0 saturated carbocycles. The van der Waals surface area contributed by atoms with E-state index in [4.69, 9.17) is 4.52 Å². The molecule has 0 aromatic carbocycles. The maximum absolute atomic E-state index is 12.4. The highest BCUT2D eigenvalue weighted by atomic mass is 16.5. The van der Waals surface area contributed by atoms with Crippen LogP contribution in [-0.4, -0.2) is 51.9 Å². The predicted molar refractivity (Wildman–Crippen MR) is 75.0 cm³/mol. The van der Waals surface area contributed by atoms with E-state index in [1.165, 1.54) is 0 Å². The Balaban J connectivity index is 1.92. The van der Waals surface area contributed by atoms with E-state index < -0.39 is 0 Å². The molecule has 1 aromatic heterocycles. The van der Waals surface area contributed by atoms with E-state index in [2.05, 4.69) is 24.0 Å². The van der Waals surface area contributed by atoms with E-state index in [1.807, 2.05) is 0 Å². The van der Waals surface area contributed by atoms with E-state index in [-0.39, 0.29) is 24.3 Å². The van der Waals surface area contributed by atoms with Crippen LogP contribution in [0.4, 0.5) is 0 Å². The normalized spacial score (nSPS) is 18.6. The van der Waals surface area contributed by atoms with Crippen LogP contribution in [0.3, 0.4) is 0 Å². The maximum atomic E-state index is 12.4. The van der Waals surface area contributed by atoms with Crippen LogP contribution < -0.4 is 0 Å². The molecule has 1 fully saturated rings. The Morgan fingerprint density at radius 1 is 1.52 bits per heavy atom. The molecule has 0 spiro atoms. The van der Waals surface area contributed by atoms with Crippen molar-refractivity contribution in [2.24, 2.45) is 11.8 Å². The van der Waals surface area contributed by atoms with Crippen molar-refractivity contribution in [2.45, 2.75) is 33.7 Å². The van der Waals surface area contributed by atoms with Crippen LogP contribution in [0.15, 0.2) is 4.52 Å². The van der Waals surface area contributed by atoms with Crippen molar-refractivity contribution in [3.63, 3.8) is 0 Å². The van der Waals surface area contributed by atoms with Gasteiger partial charge in [-0.1, -0.05) is 19.0 Å². The van der Waals surface area contributed by atoms with Gasteiger partial charge in [-0.2, -0.15) is 4.98 Å². The molecule has 2 amide bonds. The summed E-state index contributed by atoms with van der Waals surface area (Å²) in [7, 11) is 1.69. The van der Waals surface area contributed by atoms with Crippen molar-refractivity contribution in [2.75, 3.05) is 20.1 Å². The van der Waals surface area contributed by atoms with Crippen molar-refractivity contribution in [3.05, 3.63) is 11.7 Å². The number of nitrogens with zero attached hydrogens (tertiary/aromatic N) is 4. The number of hydrogen-bond acceptors (Lipinski definition) is 5. The molecule has 1 aromatic rings. The maximum Gasteiger partial charge on any atom is 0.246 e. The van der Waals surface area contributed by atoms with Gasteiger partial charge in [0.25, 0.3) is 0 Å². The summed E-state index contributed by atoms with van der Waals surface area (Å²) in [5.41, 5.74) is 0. The Morgan fingerprint density at radius 3 is 2.81 bits per heavy atom. The van der Waals surface area contributed by atoms with Crippen LogP contribution in [0.5, 0.6) is 0 Å². The second-order valence-electron chi connectivity index (χ2n) is 6.02. The number of likely N-dealkylation sites (tertiary alicyclic amines) is 1. The van der Waals surface area contributed by atoms with E-state index in [0.717, 1.165) is 0 Å². The fraction of sp³-hybridized carbons (Fsp3) is 0.714. The summed E-state index contributed by atoms with van der Waals surface area (Å²) in [6.45, 7) is 7.33. The van der Waals surface area contributed by atoms with Crippen molar-refractivity contribution < 1.29 is 14.1 Å². The van der Waals surface area contributed by atoms with Gasteiger partial charge >= 0.3 is 0 Å². The number of aromatic nitrogens is 2. The summed E-state index contributed by atoms with van der Waals surface area (Å²) in [5, 5.41) is 3.70. The summed E-state index contributed by atoms with van der Waals surface area (Å²) in [4.78, 5) is 31.7. The highest BCUT2D eigenvalue weighted by Crippen LogP contribution is 2.21. The lowest BCUT2D eigenvalue weighted by atomic mass is 10.1. The van der Waals surface area contributed by atoms with Crippen LogP contribution in [0.25, 0.3) is 0 Å². The van der Waals surface area contributed by atoms with Gasteiger partial charge in [0.1, 0.15) is 0 Å². The largest absolute Gasteiger partial charge is 0.342 e. The number of aryl methyl sites for hydroxylation is 1. The van der Waals surface area contributed by atoms with Gasteiger partial charge in [0.05, 0.1) is 12.5 Å². The second kappa shape index (κ2) is 6.24. The van der Waals surface area contributed by atoms with Crippen molar-refractivity contribution in [1.29, 1.82) is 0 Å². The zero-order chi connectivity index (χ0) is 15.6. The molecule has 2 rings (SSSR count). The van der Waals surface area contributed by atoms with Crippen molar-refractivity contribution >= 4 is 11.8 Å². The van der Waals surface area contributed by atoms with E-state index >= 15 is 0 Å². The average Bonchev–Trinajstić information content (AvgIpc) is 2.95. The smallest absolute Gasteiger partial charge is 0.246 e. The van der Waals surface area contributed by atoms with Gasteiger partial charge in [0.15, 0.2) is 5.82 Å². The number of hydrogen-bond donors (Lipinski definition) is 0. The molecule has 1 atom stereocenters.